The van der Waals surface area contributed by atoms with Gasteiger partial charge in [-0.15, -0.1) is 0 Å². The molecule has 2 heterocycles. The Bertz CT molecular complexity index is 1330. The number of rotatable bonds is 11. The third-order valence-corrected chi connectivity index (χ3v) is 5.76. The molecule has 1 aromatic carbocycles. The van der Waals surface area contributed by atoms with Gasteiger partial charge in [-0.3, -0.25) is 19.2 Å². The summed E-state index contributed by atoms with van der Waals surface area (Å²) in [5, 5.41) is 10.8. The standard InChI is InChI=1S/C27H32O14/c1-6-7-10-34-23-21(32)18-9-8-17(11-19(18)40-26(23)33)39-27-25(38-16(5)31)24(37-15(4)30)22(36-14(3)29)20(41-27)12-35-13(2)28/h8-9,11,20,22,24-25,27,32H,6-7,10,12H2,1-5H3/t20-,22-,24+,25-,27-/m1/s1. The van der Waals surface area contributed by atoms with Crippen LogP contribution in [0.15, 0.2) is 27.4 Å². The van der Waals surface area contributed by atoms with Crippen LogP contribution in [0, 0.1) is 0 Å². The van der Waals surface area contributed by atoms with Crippen molar-refractivity contribution in [3.8, 4) is 17.2 Å². The van der Waals surface area contributed by atoms with Gasteiger partial charge in [0.1, 0.15) is 24.0 Å². The predicted molar refractivity (Wildman–Crippen MR) is 137 cm³/mol. The van der Waals surface area contributed by atoms with Crippen LogP contribution in [0.1, 0.15) is 47.5 Å². The van der Waals surface area contributed by atoms with Crippen molar-refractivity contribution >= 4 is 34.8 Å². The van der Waals surface area contributed by atoms with E-state index in [0.29, 0.717) is 6.42 Å². The van der Waals surface area contributed by atoms with E-state index in [0.717, 1.165) is 34.1 Å². The van der Waals surface area contributed by atoms with E-state index in [2.05, 4.69) is 0 Å². The Morgan fingerprint density at radius 3 is 2.15 bits per heavy atom. The van der Waals surface area contributed by atoms with Crippen molar-refractivity contribution in [2.75, 3.05) is 13.2 Å². The summed E-state index contributed by atoms with van der Waals surface area (Å²) in [6.45, 7) is 6.18. The average molecular weight is 581 g/mol. The van der Waals surface area contributed by atoms with Crippen LogP contribution in [0.2, 0.25) is 0 Å². The van der Waals surface area contributed by atoms with E-state index in [9.17, 15) is 29.1 Å². The molecule has 0 unspecified atom stereocenters. The zero-order valence-electron chi connectivity index (χ0n) is 23.2. The number of hydrogen-bond donors (Lipinski definition) is 1. The summed E-state index contributed by atoms with van der Waals surface area (Å²) in [6.07, 6.45) is -5.46. The summed E-state index contributed by atoms with van der Waals surface area (Å²) >= 11 is 0. The highest BCUT2D eigenvalue weighted by Gasteiger charge is 2.53. The lowest BCUT2D eigenvalue weighted by Crippen LogP contribution is -2.63. The van der Waals surface area contributed by atoms with E-state index < -0.39 is 72.6 Å². The minimum Gasteiger partial charge on any atom is -0.504 e. The Balaban J connectivity index is 2.00. The molecule has 1 N–H and O–H groups in total. The number of carbonyl (C=O) groups is 4. The Labute approximate surface area is 234 Å². The van der Waals surface area contributed by atoms with Gasteiger partial charge in [0.25, 0.3) is 0 Å². The number of benzene rings is 1. The van der Waals surface area contributed by atoms with E-state index in [-0.39, 0.29) is 29.1 Å². The number of fused-ring (bicyclic) bond motifs is 1. The van der Waals surface area contributed by atoms with Crippen molar-refractivity contribution in [1.29, 1.82) is 0 Å². The summed E-state index contributed by atoms with van der Waals surface area (Å²) < 4.78 is 43.6. The molecule has 1 aromatic heterocycles. The zero-order chi connectivity index (χ0) is 30.3. The van der Waals surface area contributed by atoms with Crippen LogP contribution < -0.4 is 15.1 Å². The molecule has 14 nitrogen and oxygen atoms in total. The Morgan fingerprint density at radius 1 is 0.902 bits per heavy atom. The molecule has 1 saturated heterocycles. The van der Waals surface area contributed by atoms with Crippen LogP contribution in [-0.4, -0.2) is 72.9 Å². The second kappa shape index (κ2) is 13.8. The number of aromatic hydroxyl groups is 1. The highest BCUT2D eigenvalue weighted by Crippen LogP contribution is 2.35. The average Bonchev–Trinajstić information content (AvgIpc) is 2.87. The minimum absolute atomic E-state index is 0.0283. The van der Waals surface area contributed by atoms with Gasteiger partial charge in [-0.2, -0.15) is 0 Å². The van der Waals surface area contributed by atoms with E-state index in [1.54, 1.807) is 0 Å². The van der Waals surface area contributed by atoms with Gasteiger partial charge in [0.05, 0.1) is 12.0 Å². The lowest BCUT2D eigenvalue weighted by Gasteiger charge is -2.43. The monoisotopic (exact) mass is 580 g/mol. The topological polar surface area (TPSA) is 183 Å². The fraction of sp³-hybridized carbons (Fsp3) is 0.519. The fourth-order valence-electron chi connectivity index (χ4n) is 4.08. The zero-order valence-corrected chi connectivity index (χ0v) is 23.2. The number of unbranched alkanes of at least 4 members (excludes halogenated alkanes) is 1. The van der Waals surface area contributed by atoms with Crippen molar-refractivity contribution in [2.45, 2.75) is 78.2 Å². The van der Waals surface area contributed by atoms with Crippen LogP contribution >= 0.6 is 0 Å². The van der Waals surface area contributed by atoms with Crippen LogP contribution in [0.25, 0.3) is 11.0 Å². The van der Waals surface area contributed by atoms with Gasteiger partial charge in [0, 0.05) is 33.8 Å². The molecule has 2 aromatic rings. The Morgan fingerprint density at radius 2 is 1.54 bits per heavy atom. The first-order valence-electron chi connectivity index (χ1n) is 12.8. The van der Waals surface area contributed by atoms with Gasteiger partial charge >= 0.3 is 29.5 Å². The molecular formula is C27H32O14. The maximum atomic E-state index is 12.5. The molecule has 0 saturated carbocycles. The maximum absolute atomic E-state index is 12.5. The van der Waals surface area contributed by atoms with Crippen LogP contribution in [0.5, 0.6) is 17.2 Å². The summed E-state index contributed by atoms with van der Waals surface area (Å²) in [4.78, 5) is 59.8. The predicted octanol–water partition coefficient (Wildman–Crippen LogP) is 2.14. The molecule has 0 spiro atoms. The molecule has 1 fully saturated rings. The normalized spacial score (nSPS) is 21.9. The summed E-state index contributed by atoms with van der Waals surface area (Å²) in [7, 11) is 0. The number of esters is 4. The van der Waals surface area contributed by atoms with Gasteiger partial charge in [0.2, 0.25) is 18.1 Å². The molecule has 1 aliphatic heterocycles. The van der Waals surface area contributed by atoms with E-state index in [4.69, 9.17) is 37.6 Å². The highest BCUT2D eigenvalue weighted by molar-refractivity contribution is 5.86. The smallest absolute Gasteiger partial charge is 0.383 e. The number of hydrogen-bond acceptors (Lipinski definition) is 14. The summed E-state index contributed by atoms with van der Waals surface area (Å²) in [6, 6.07) is 4.09. The molecule has 1 aliphatic rings. The Hall–Kier alpha value is -4.33. The number of carbonyl (C=O) groups excluding carboxylic acids is 4. The van der Waals surface area contributed by atoms with Crippen molar-refractivity contribution < 1.29 is 61.9 Å². The molecule has 3 rings (SSSR count). The first-order chi connectivity index (χ1) is 19.4. The third kappa shape index (κ3) is 8.10. The van der Waals surface area contributed by atoms with Crippen LogP contribution in [-0.2, 0) is 42.9 Å². The number of ether oxygens (including phenoxy) is 7. The van der Waals surface area contributed by atoms with Gasteiger partial charge in [-0.25, -0.2) is 4.79 Å². The lowest BCUT2D eigenvalue weighted by atomic mass is 9.98. The quantitative estimate of drug-likeness (QED) is 0.176. The molecule has 0 aliphatic carbocycles. The molecule has 0 amide bonds. The maximum Gasteiger partial charge on any atom is 0.383 e. The highest BCUT2D eigenvalue weighted by atomic mass is 16.7. The van der Waals surface area contributed by atoms with Crippen molar-refractivity contribution in [1.82, 2.24) is 0 Å². The van der Waals surface area contributed by atoms with Crippen LogP contribution in [0.3, 0.4) is 0 Å². The van der Waals surface area contributed by atoms with E-state index in [1.807, 2.05) is 6.92 Å². The SMILES string of the molecule is CCCCOc1c(O)c2ccc(O[C@@H]3O[C@H](COC(C)=O)[C@@H](OC(C)=O)[C@H](OC(C)=O)[C@H]3OC(C)=O)cc2oc1=O. The molecule has 0 bridgehead atoms. The summed E-state index contributed by atoms with van der Waals surface area (Å²) in [5.74, 6) is -3.73. The third-order valence-electron chi connectivity index (χ3n) is 5.76. The fourth-order valence-corrected chi connectivity index (χ4v) is 4.08. The Kier molecular flexibility index (Phi) is 10.5. The van der Waals surface area contributed by atoms with E-state index in [1.165, 1.54) is 18.2 Å². The first kappa shape index (κ1) is 31.2. The molecule has 41 heavy (non-hydrogen) atoms. The molecule has 5 atom stereocenters. The van der Waals surface area contributed by atoms with Gasteiger partial charge in [-0.1, -0.05) is 13.3 Å². The van der Waals surface area contributed by atoms with Crippen molar-refractivity contribution in [3.05, 3.63) is 28.6 Å². The van der Waals surface area contributed by atoms with Gasteiger partial charge in [0.15, 0.2) is 18.0 Å². The van der Waals surface area contributed by atoms with Crippen molar-refractivity contribution in [3.63, 3.8) is 0 Å². The second-order valence-corrected chi connectivity index (χ2v) is 9.11. The molecule has 224 valence electrons. The van der Waals surface area contributed by atoms with Crippen LogP contribution in [0.4, 0.5) is 0 Å². The largest absolute Gasteiger partial charge is 0.504 e. The lowest BCUT2D eigenvalue weighted by molar-refractivity contribution is -0.288. The van der Waals surface area contributed by atoms with Crippen molar-refractivity contribution in [2.24, 2.45) is 0 Å². The van der Waals surface area contributed by atoms with Gasteiger partial charge in [-0.05, 0) is 18.6 Å². The molecular weight excluding hydrogens is 548 g/mol. The minimum atomic E-state index is -1.50. The van der Waals surface area contributed by atoms with E-state index >= 15 is 0 Å². The first-order valence-corrected chi connectivity index (χ1v) is 12.8. The molecule has 14 heteroatoms. The summed E-state index contributed by atoms with van der Waals surface area (Å²) in [5.41, 5.74) is -0.964. The molecule has 0 radical (unpaired) electrons. The van der Waals surface area contributed by atoms with Gasteiger partial charge < -0.3 is 42.7 Å². The second-order valence-electron chi connectivity index (χ2n) is 9.11.